The fourth-order valence-corrected chi connectivity index (χ4v) is 3.98. The van der Waals surface area contributed by atoms with Crippen LogP contribution in [-0.2, 0) is 10.3 Å². The van der Waals surface area contributed by atoms with Crippen molar-refractivity contribution in [2.24, 2.45) is 0 Å². The van der Waals surface area contributed by atoms with E-state index in [9.17, 15) is 4.79 Å². The number of aromatic nitrogens is 4. The van der Waals surface area contributed by atoms with E-state index in [4.69, 9.17) is 4.74 Å². The van der Waals surface area contributed by atoms with Crippen LogP contribution in [-0.4, -0.2) is 56.0 Å². The van der Waals surface area contributed by atoms with Crippen LogP contribution in [0.5, 0.6) is 0 Å². The largest absolute Gasteiger partial charge is 0.377 e. The van der Waals surface area contributed by atoms with Gasteiger partial charge in [0.1, 0.15) is 6.33 Å². The van der Waals surface area contributed by atoms with Crippen molar-refractivity contribution in [1.29, 1.82) is 0 Å². The summed E-state index contributed by atoms with van der Waals surface area (Å²) in [7, 11) is 0. The van der Waals surface area contributed by atoms with Gasteiger partial charge in [-0.15, -0.1) is 0 Å². The normalized spacial score (nSPS) is 25.8. The van der Waals surface area contributed by atoms with Gasteiger partial charge in [0.15, 0.2) is 0 Å². The monoisotopic (exact) mass is 352 g/mol. The molecule has 1 aliphatic carbocycles. The van der Waals surface area contributed by atoms with Crippen molar-refractivity contribution in [3.8, 4) is 0 Å². The maximum absolute atomic E-state index is 12.8. The summed E-state index contributed by atoms with van der Waals surface area (Å²) in [5, 5.41) is 3.37. The Kier molecular flexibility index (Phi) is 3.59. The molecular weight excluding hydrogens is 332 g/mol. The van der Waals surface area contributed by atoms with E-state index in [1.165, 1.54) is 6.33 Å². The highest BCUT2D eigenvalue weighted by Gasteiger charge is 2.45. The van der Waals surface area contributed by atoms with Crippen LogP contribution in [0.4, 0.5) is 5.95 Å². The second-order valence-corrected chi connectivity index (χ2v) is 7.26. The van der Waals surface area contributed by atoms with Gasteiger partial charge in [0.05, 0.1) is 36.4 Å². The minimum absolute atomic E-state index is 0.00458. The lowest BCUT2D eigenvalue weighted by atomic mass is 10.1. The van der Waals surface area contributed by atoms with Gasteiger partial charge in [-0.3, -0.25) is 4.79 Å². The zero-order chi connectivity index (χ0) is 17.6. The average molecular weight is 352 g/mol. The Morgan fingerprint density at radius 2 is 1.73 bits per heavy atom. The molecule has 4 heterocycles. The van der Waals surface area contributed by atoms with Crippen molar-refractivity contribution in [3.05, 3.63) is 42.2 Å². The smallest absolute Gasteiger partial charge is 0.257 e. The first-order valence-electron chi connectivity index (χ1n) is 9.01. The highest BCUT2D eigenvalue weighted by molar-refractivity contribution is 5.94. The molecular formula is C18H20N6O2. The molecule has 26 heavy (non-hydrogen) atoms. The Morgan fingerprint density at radius 3 is 2.35 bits per heavy atom. The van der Waals surface area contributed by atoms with Crippen LogP contribution in [0.2, 0.25) is 0 Å². The number of hydrogen-bond acceptors (Lipinski definition) is 7. The number of morpholine rings is 1. The average Bonchev–Trinajstić information content (AvgIpc) is 3.43. The van der Waals surface area contributed by atoms with Crippen LogP contribution in [0.1, 0.15) is 41.6 Å². The standard InChI is InChI=1S/C18H20N6O2/c25-16(24-14-1-2-15(24)10-26-9-14)12-5-21-17(22-6-12)23-18(3-4-18)13-7-19-11-20-8-13/h5-8,11,14-15H,1-4,9-10H2,(H,21,22,23). The molecule has 0 spiro atoms. The summed E-state index contributed by atoms with van der Waals surface area (Å²) in [6.07, 6.45) is 12.4. The number of nitrogens with zero attached hydrogens (tertiary/aromatic N) is 5. The highest BCUT2D eigenvalue weighted by Crippen LogP contribution is 2.47. The van der Waals surface area contributed by atoms with E-state index in [-0.39, 0.29) is 23.5 Å². The molecule has 134 valence electrons. The molecule has 2 aromatic heterocycles. The lowest BCUT2D eigenvalue weighted by Crippen LogP contribution is -2.49. The van der Waals surface area contributed by atoms with E-state index in [1.54, 1.807) is 12.4 Å². The van der Waals surface area contributed by atoms with Gasteiger partial charge in [0.25, 0.3) is 5.91 Å². The number of amides is 1. The molecule has 2 atom stereocenters. The van der Waals surface area contributed by atoms with Gasteiger partial charge in [-0.2, -0.15) is 0 Å². The molecule has 5 rings (SSSR count). The number of ether oxygens (including phenoxy) is 1. The number of hydrogen-bond donors (Lipinski definition) is 1. The summed E-state index contributed by atoms with van der Waals surface area (Å²) in [6, 6.07) is 0.374. The summed E-state index contributed by atoms with van der Waals surface area (Å²) >= 11 is 0. The molecule has 1 amide bonds. The summed E-state index contributed by atoms with van der Waals surface area (Å²) in [6.45, 7) is 1.26. The molecule has 8 heteroatoms. The first kappa shape index (κ1) is 15.6. The Labute approximate surface area is 151 Å². The van der Waals surface area contributed by atoms with E-state index in [1.807, 2.05) is 17.3 Å². The first-order valence-corrected chi connectivity index (χ1v) is 9.01. The van der Waals surface area contributed by atoms with Gasteiger partial charge in [-0.1, -0.05) is 0 Å². The summed E-state index contributed by atoms with van der Waals surface area (Å²) in [4.78, 5) is 31.7. The zero-order valence-electron chi connectivity index (χ0n) is 14.3. The molecule has 2 aliphatic heterocycles. The molecule has 3 aliphatic rings. The molecule has 2 bridgehead atoms. The van der Waals surface area contributed by atoms with Crippen LogP contribution in [0, 0.1) is 0 Å². The summed E-state index contributed by atoms with van der Waals surface area (Å²) in [5.74, 6) is 0.526. The Bertz CT molecular complexity index is 792. The van der Waals surface area contributed by atoms with Crippen molar-refractivity contribution < 1.29 is 9.53 Å². The molecule has 1 saturated carbocycles. The van der Waals surface area contributed by atoms with Gasteiger partial charge in [0, 0.05) is 30.4 Å². The maximum Gasteiger partial charge on any atom is 0.257 e. The number of nitrogens with one attached hydrogen (secondary N) is 1. The molecule has 1 N–H and O–H groups in total. The quantitative estimate of drug-likeness (QED) is 0.888. The van der Waals surface area contributed by atoms with Crippen LogP contribution >= 0.6 is 0 Å². The van der Waals surface area contributed by atoms with Gasteiger partial charge in [-0.05, 0) is 25.7 Å². The predicted octanol–water partition coefficient (Wildman–Crippen LogP) is 1.37. The molecule has 3 fully saturated rings. The maximum atomic E-state index is 12.8. The minimum atomic E-state index is -0.184. The van der Waals surface area contributed by atoms with E-state index < -0.39 is 0 Å². The number of rotatable bonds is 4. The lowest BCUT2D eigenvalue weighted by molar-refractivity contribution is -0.00720. The third kappa shape index (κ3) is 2.61. The van der Waals surface area contributed by atoms with Crippen molar-refractivity contribution in [2.45, 2.75) is 43.3 Å². The van der Waals surface area contributed by atoms with E-state index in [2.05, 4.69) is 25.3 Å². The van der Waals surface area contributed by atoms with E-state index in [0.29, 0.717) is 24.7 Å². The van der Waals surface area contributed by atoms with Crippen molar-refractivity contribution in [1.82, 2.24) is 24.8 Å². The SMILES string of the molecule is O=C(c1cnc(NC2(c3cncnc3)CC2)nc1)N1C2CCC1COC2. The molecule has 8 nitrogen and oxygen atoms in total. The topological polar surface area (TPSA) is 93.1 Å². The minimum Gasteiger partial charge on any atom is -0.377 e. The summed E-state index contributed by atoms with van der Waals surface area (Å²) < 4.78 is 5.55. The fraction of sp³-hybridized carbons (Fsp3) is 0.500. The third-order valence-corrected chi connectivity index (χ3v) is 5.59. The predicted molar refractivity (Wildman–Crippen MR) is 92.4 cm³/mol. The fourth-order valence-electron chi connectivity index (χ4n) is 3.98. The number of carbonyl (C=O) groups is 1. The van der Waals surface area contributed by atoms with Gasteiger partial charge >= 0.3 is 0 Å². The van der Waals surface area contributed by atoms with Gasteiger partial charge in [0.2, 0.25) is 5.95 Å². The van der Waals surface area contributed by atoms with Crippen molar-refractivity contribution in [3.63, 3.8) is 0 Å². The Balaban J connectivity index is 1.31. The molecule has 0 aromatic carbocycles. The van der Waals surface area contributed by atoms with E-state index in [0.717, 1.165) is 31.2 Å². The van der Waals surface area contributed by atoms with Crippen molar-refractivity contribution >= 4 is 11.9 Å². The molecule has 2 aromatic rings. The second kappa shape index (κ2) is 5.98. The second-order valence-electron chi connectivity index (χ2n) is 7.26. The zero-order valence-corrected chi connectivity index (χ0v) is 14.3. The van der Waals surface area contributed by atoms with Crippen LogP contribution < -0.4 is 5.32 Å². The van der Waals surface area contributed by atoms with E-state index >= 15 is 0 Å². The lowest BCUT2D eigenvalue weighted by Gasteiger charge is -2.34. The molecule has 2 unspecified atom stereocenters. The Hall–Kier alpha value is -2.61. The number of fused-ring (bicyclic) bond motifs is 2. The third-order valence-electron chi connectivity index (χ3n) is 5.59. The number of carbonyl (C=O) groups excluding carboxylic acids is 1. The highest BCUT2D eigenvalue weighted by atomic mass is 16.5. The van der Waals surface area contributed by atoms with Crippen LogP contribution in [0.3, 0.4) is 0 Å². The van der Waals surface area contributed by atoms with Crippen LogP contribution in [0.25, 0.3) is 0 Å². The molecule has 2 saturated heterocycles. The van der Waals surface area contributed by atoms with Crippen LogP contribution in [0.15, 0.2) is 31.1 Å². The van der Waals surface area contributed by atoms with Crippen molar-refractivity contribution in [2.75, 3.05) is 18.5 Å². The van der Waals surface area contributed by atoms with Gasteiger partial charge < -0.3 is 15.0 Å². The van der Waals surface area contributed by atoms with Gasteiger partial charge in [-0.25, -0.2) is 19.9 Å². The Morgan fingerprint density at radius 1 is 1.08 bits per heavy atom. The molecule has 0 radical (unpaired) electrons. The first-order chi connectivity index (χ1) is 12.8. The number of anilines is 1. The summed E-state index contributed by atoms with van der Waals surface area (Å²) in [5.41, 5.74) is 1.38.